The molecule has 0 aromatic heterocycles. The van der Waals surface area contributed by atoms with Crippen molar-refractivity contribution in [2.45, 2.75) is 61.8 Å². The first-order valence-electron chi connectivity index (χ1n) is 7.45. The van der Waals surface area contributed by atoms with Crippen LogP contribution in [-0.4, -0.2) is 5.91 Å². The maximum atomic E-state index is 11.1. The predicted molar refractivity (Wildman–Crippen MR) is 81.2 cm³/mol. The standard InChI is InChI=1S/C12H21NO.2C2H6/c1-7(2)10-5-6-11(12(13)14)9(4)8(10)3;2*1-2/h6-10H,5H2,1-4H3,(H2,13,14);2*1-2H3. The molecule has 1 rings (SSSR count). The van der Waals surface area contributed by atoms with E-state index < -0.39 is 0 Å². The van der Waals surface area contributed by atoms with Gasteiger partial charge < -0.3 is 5.73 Å². The summed E-state index contributed by atoms with van der Waals surface area (Å²) in [6.07, 6.45) is 3.04. The second-order valence-electron chi connectivity index (χ2n) is 4.82. The van der Waals surface area contributed by atoms with Gasteiger partial charge in [0.15, 0.2) is 0 Å². The Kier molecular flexibility index (Phi) is 11.0. The second kappa shape index (κ2) is 10.2. The van der Waals surface area contributed by atoms with Crippen molar-refractivity contribution in [3.63, 3.8) is 0 Å². The highest BCUT2D eigenvalue weighted by molar-refractivity contribution is 5.92. The van der Waals surface area contributed by atoms with Gasteiger partial charge in [0.25, 0.3) is 0 Å². The fourth-order valence-corrected chi connectivity index (χ4v) is 2.52. The number of carbonyl (C=O) groups excluding carboxylic acids is 1. The van der Waals surface area contributed by atoms with Crippen LogP contribution < -0.4 is 5.73 Å². The van der Waals surface area contributed by atoms with Crippen molar-refractivity contribution in [1.82, 2.24) is 0 Å². The van der Waals surface area contributed by atoms with Gasteiger partial charge in [-0.2, -0.15) is 0 Å². The van der Waals surface area contributed by atoms with Crippen molar-refractivity contribution < 1.29 is 4.79 Å². The molecule has 18 heavy (non-hydrogen) atoms. The number of allylic oxidation sites excluding steroid dienone is 1. The average Bonchev–Trinajstić information content (AvgIpc) is 2.36. The van der Waals surface area contributed by atoms with E-state index in [1.54, 1.807) is 0 Å². The molecule has 0 heterocycles. The van der Waals surface area contributed by atoms with Gasteiger partial charge in [-0.3, -0.25) is 4.79 Å². The maximum absolute atomic E-state index is 11.1. The van der Waals surface area contributed by atoms with Crippen LogP contribution in [0, 0.1) is 23.7 Å². The van der Waals surface area contributed by atoms with Crippen LogP contribution >= 0.6 is 0 Å². The lowest BCUT2D eigenvalue weighted by Gasteiger charge is -2.35. The maximum Gasteiger partial charge on any atom is 0.244 e. The van der Waals surface area contributed by atoms with E-state index in [1.807, 2.05) is 33.8 Å². The molecule has 0 saturated carbocycles. The molecular weight excluding hydrogens is 222 g/mol. The summed E-state index contributed by atoms with van der Waals surface area (Å²) in [4.78, 5) is 11.1. The molecule has 1 aliphatic rings. The van der Waals surface area contributed by atoms with Crippen molar-refractivity contribution in [2.24, 2.45) is 29.4 Å². The van der Waals surface area contributed by atoms with E-state index in [0.29, 0.717) is 23.7 Å². The van der Waals surface area contributed by atoms with Gasteiger partial charge in [0, 0.05) is 5.57 Å². The highest BCUT2D eigenvalue weighted by Crippen LogP contribution is 2.38. The van der Waals surface area contributed by atoms with Crippen LogP contribution in [0.1, 0.15) is 61.8 Å². The fraction of sp³-hybridized carbons (Fsp3) is 0.812. The number of hydrogen-bond acceptors (Lipinski definition) is 1. The van der Waals surface area contributed by atoms with Crippen LogP contribution in [0.4, 0.5) is 0 Å². The van der Waals surface area contributed by atoms with Crippen LogP contribution in [0.2, 0.25) is 0 Å². The molecule has 0 fully saturated rings. The van der Waals surface area contributed by atoms with E-state index >= 15 is 0 Å². The molecule has 0 bridgehead atoms. The second-order valence-corrected chi connectivity index (χ2v) is 4.82. The van der Waals surface area contributed by atoms with E-state index in [1.165, 1.54) is 0 Å². The van der Waals surface area contributed by atoms with Crippen molar-refractivity contribution in [1.29, 1.82) is 0 Å². The highest BCUT2D eigenvalue weighted by Gasteiger charge is 2.32. The zero-order valence-corrected chi connectivity index (χ0v) is 13.6. The lowest BCUT2D eigenvalue weighted by Crippen LogP contribution is -2.32. The lowest BCUT2D eigenvalue weighted by molar-refractivity contribution is -0.115. The van der Waals surface area contributed by atoms with Crippen molar-refractivity contribution in [2.75, 3.05) is 0 Å². The molecule has 1 amide bonds. The largest absolute Gasteiger partial charge is 0.366 e. The van der Waals surface area contributed by atoms with Crippen LogP contribution in [0.15, 0.2) is 11.6 Å². The third-order valence-electron chi connectivity index (χ3n) is 3.71. The van der Waals surface area contributed by atoms with Gasteiger partial charge in [0.2, 0.25) is 5.91 Å². The summed E-state index contributed by atoms with van der Waals surface area (Å²) in [5.41, 5.74) is 6.16. The minimum atomic E-state index is -0.244. The van der Waals surface area contributed by atoms with Crippen molar-refractivity contribution in [3.05, 3.63) is 11.6 Å². The SMILES string of the molecule is CC.CC.CC(C)C1CC=C(C(N)=O)C(C)C1C. The molecule has 0 aromatic rings. The van der Waals surface area contributed by atoms with E-state index in [0.717, 1.165) is 12.0 Å². The fourth-order valence-electron chi connectivity index (χ4n) is 2.52. The van der Waals surface area contributed by atoms with Gasteiger partial charge in [0.1, 0.15) is 0 Å². The average molecular weight is 255 g/mol. The summed E-state index contributed by atoms with van der Waals surface area (Å²) in [7, 11) is 0. The highest BCUT2D eigenvalue weighted by atomic mass is 16.1. The van der Waals surface area contributed by atoms with Crippen molar-refractivity contribution in [3.8, 4) is 0 Å². The number of amides is 1. The van der Waals surface area contributed by atoms with E-state index in [9.17, 15) is 4.79 Å². The van der Waals surface area contributed by atoms with Gasteiger partial charge in [0.05, 0.1) is 0 Å². The third-order valence-corrected chi connectivity index (χ3v) is 3.71. The Hall–Kier alpha value is -0.790. The van der Waals surface area contributed by atoms with Gasteiger partial charge >= 0.3 is 0 Å². The van der Waals surface area contributed by atoms with Gasteiger partial charge in [-0.05, 0) is 30.1 Å². The van der Waals surface area contributed by atoms with Crippen LogP contribution in [0.5, 0.6) is 0 Å². The molecule has 2 heteroatoms. The molecular formula is C16H33NO. The zero-order chi connectivity index (χ0) is 14.9. The quantitative estimate of drug-likeness (QED) is 0.781. The smallest absolute Gasteiger partial charge is 0.244 e. The first-order valence-corrected chi connectivity index (χ1v) is 7.45. The molecule has 0 aromatic carbocycles. The number of rotatable bonds is 2. The number of nitrogens with two attached hydrogens (primary N) is 1. The van der Waals surface area contributed by atoms with E-state index in [-0.39, 0.29) is 5.91 Å². The normalized spacial score (nSPS) is 26.3. The van der Waals surface area contributed by atoms with E-state index in [4.69, 9.17) is 5.73 Å². The van der Waals surface area contributed by atoms with Crippen molar-refractivity contribution >= 4 is 5.91 Å². The Morgan fingerprint density at radius 3 is 2.00 bits per heavy atom. The zero-order valence-electron chi connectivity index (χ0n) is 13.6. The monoisotopic (exact) mass is 255 g/mol. The molecule has 2 N–H and O–H groups in total. The number of carbonyl (C=O) groups is 1. The Labute approximate surface area is 114 Å². The Morgan fingerprint density at radius 2 is 1.67 bits per heavy atom. The summed E-state index contributed by atoms with van der Waals surface area (Å²) >= 11 is 0. The first-order chi connectivity index (χ1) is 8.45. The summed E-state index contributed by atoms with van der Waals surface area (Å²) in [6, 6.07) is 0. The predicted octanol–water partition coefficient (Wildman–Crippen LogP) is 4.40. The molecule has 2 nitrogen and oxygen atoms in total. The molecule has 1 aliphatic carbocycles. The summed E-state index contributed by atoms with van der Waals surface area (Å²) < 4.78 is 0. The van der Waals surface area contributed by atoms with Gasteiger partial charge in [-0.25, -0.2) is 0 Å². The third kappa shape index (κ3) is 5.24. The number of primary amides is 1. The van der Waals surface area contributed by atoms with Crippen LogP contribution in [0.3, 0.4) is 0 Å². The molecule has 108 valence electrons. The lowest BCUT2D eigenvalue weighted by atomic mass is 9.69. The molecule has 0 radical (unpaired) electrons. The van der Waals surface area contributed by atoms with E-state index in [2.05, 4.69) is 27.7 Å². The minimum absolute atomic E-state index is 0.244. The number of hydrogen-bond donors (Lipinski definition) is 1. The Morgan fingerprint density at radius 1 is 1.22 bits per heavy atom. The summed E-state index contributed by atoms with van der Waals surface area (Å²) in [5, 5.41) is 0. The minimum Gasteiger partial charge on any atom is -0.366 e. The summed E-state index contributed by atoms with van der Waals surface area (Å²) in [5.74, 6) is 1.99. The molecule has 0 spiro atoms. The Bertz CT molecular complexity index is 256. The molecule has 0 saturated heterocycles. The van der Waals surface area contributed by atoms with Crippen LogP contribution in [0.25, 0.3) is 0 Å². The topological polar surface area (TPSA) is 43.1 Å². The van der Waals surface area contributed by atoms with Gasteiger partial charge in [-0.15, -0.1) is 0 Å². The summed E-state index contributed by atoms with van der Waals surface area (Å²) in [6.45, 7) is 16.8. The molecule has 3 unspecified atom stereocenters. The molecule has 3 atom stereocenters. The molecule has 0 aliphatic heterocycles. The van der Waals surface area contributed by atoms with Gasteiger partial charge in [-0.1, -0.05) is 61.5 Å². The van der Waals surface area contributed by atoms with Crippen LogP contribution in [-0.2, 0) is 4.79 Å². The first kappa shape index (κ1) is 19.5. The Balaban J connectivity index is 0.